The SMILES string of the molecule is CCOC(=O)C(c1ccccc1)[P+](Cc1ccccc1)(c1ccccc1)c1ccccc1. The van der Waals surface area contributed by atoms with Gasteiger partial charge in [0.2, 0.25) is 5.66 Å². The molecule has 1 unspecified atom stereocenters. The molecule has 2 nitrogen and oxygen atoms in total. The molecule has 0 N–H and O–H groups in total. The van der Waals surface area contributed by atoms with E-state index in [1.807, 2.05) is 43.3 Å². The summed E-state index contributed by atoms with van der Waals surface area (Å²) in [5, 5.41) is 2.41. The molecule has 0 bridgehead atoms. The minimum atomic E-state index is -2.32. The molecule has 3 heteroatoms. The number of rotatable bonds is 8. The van der Waals surface area contributed by atoms with Crippen molar-refractivity contribution in [3.8, 4) is 0 Å². The van der Waals surface area contributed by atoms with E-state index < -0.39 is 12.9 Å². The molecule has 0 spiro atoms. The van der Waals surface area contributed by atoms with Crippen LogP contribution < -0.4 is 10.6 Å². The Kier molecular flexibility index (Phi) is 7.14. The van der Waals surface area contributed by atoms with E-state index in [1.54, 1.807) is 0 Å². The summed E-state index contributed by atoms with van der Waals surface area (Å²) < 4.78 is 5.73. The maximum Gasteiger partial charge on any atom is 0.352 e. The van der Waals surface area contributed by atoms with Gasteiger partial charge in [0.05, 0.1) is 12.8 Å². The van der Waals surface area contributed by atoms with Crippen LogP contribution in [-0.2, 0) is 15.7 Å². The predicted octanol–water partition coefficient (Wildman–Crippen LogP) is 6.16. The highest BCUT2D eigenvalue weighted by molar-refractivity contribution is 7.89. The summed E-state index contributed by atoms with van der Waals surface area (Å²) in [5.74, 6) is -0.157. The normalized spacial score (nSPS) is 12.2. The Morgan fingerprint density at radius 2 is 1.12 bits per heavy atom. The number of carbonyl (C=O) groups excluding carboxylic acids is 1. The van der Waals surface area contributed by atoms with Crippen LogP contribution in [0.25, 0.3) is 0 Å². The highest BCUT2D eigenvalue weighted by Crippen LogP contribution is 2.70. The van der Waals surface area contributed by atoms with Gasteiger partial charge in [-0.3, -0.25) is 0 Å². The van der Waals surface area contributed by atoms with E-state index >= 15 is 0 Å². The summed E-state index contributed by atoms with van der Waals surface area (Å²) in [7, 11) is -2.32. The molecule has 4 aromatic carbocycles. The Bertz CT molecular complexity index is 1070. The number of carbonyl (C=O) groups is 1. The molecule has 0 fully saturated rings. The van der Waals surface area contributed by atoms with Gasteiger partial charge in [-0.15, -0.1) is 0 Å². The van der Waals surface area contributed by atoms with Crippen LogP contribution >= 0.6 is 7.26 Å². The van der Waals surface area contributed by atoms with Crippen molar-refractivity contribution < 1.29 is 9.53 Å². The molecule has 0 saturated heterocycles. The van der Waals surface area contributed by atoms with Crippen LogP contribution in [0.1, 0.15) is 23.7 Å². The molecule has 0 radical (unpaired) electrons. The number of esters is 1. The van der Waals surface area contributed by atoms with Crippen LogP contribution in [0, 0.1) is 0 Å². The van der Waals surface area contributed by atoms with E-state index in [9.17, 15) is 4.79 Å². The van der Waals surface area contributed by atoms with Crippen molar-refractivity contribution in [3.05, 3.63) is 132 Å². The minimum Gasteiger partial charge on any atom is -0.463 e. The summed E-state index contributed by atoms with van der Waals surface area (Å²) >= 11 is 0. The number of benzene rings is 4. The first-order valence-electron chi connectivity index (χ1n) is 11.0. The molecule has 32 heavy (non-hydrogen) atoms. The van der Waals surface area contributed by atoms with Gasteiger partial charge in [-0.25, -0.2) is 4.79 Å². The first kappa shape index (κ1) is 22.0. The molecule has 0 aliphatic rings. The van der Waals surface area contributed by atoms with E-state index in [0.29, 0.717) is 6.61 Å². The lowest BCUT2D eigenvalue weighted by molar-refractivity contribution is -0.142. The lowest BCUT2D eigenvalue weighted by atomic mass is 10.1. The molecule has 4 rings (SSSR count). The van der Waals surface area contributed by atoms with Crippen LogP contribution in [0.3, 0.4) is 0 Å². The van der Waals surface area contributed by atoms with Crippen LogP contribution in [0.2, 0.25) is 0 Å². The number of ether oxygens (including phenoxy) is 1. The Balaban J connectivity index is 2.05. The largest absolute Gasteiger partial charge is 0.463 e. The van der Waals surface area contributed by atoms with Gasteiger partial charge in [0.15, 0.2) is 0 Å². The van der Waals surface area contributed by atoms with Gasteiger partial charge in [0.25, 0.3) is 0 Å². The van der Waals surface area contributed by atoms with Gasteiger partial charge in [0, 0.05) is 5.56 Å². The van der Waals surface area contributed by atoms with Crippen molar-refractivity contribution in [1.29, 1.82) is 0 Å². The van der Waals surface area contributed by atoms with Crippen molar-refractivity contribution >= 4 is 23.8 Å². The average Bonchev–Trinajstić information content (AvgIpc) is 2.86. The molecule has 0 saturated carbocycles. The zero-order valence-electron chi connectivity index (χ0n) is 18.3. The maximum atomic E-state index is 13.7. The molecule has 0 aliphatic carbocycles. The summed E-state index contributed by atoms with van der Waals surface area (Å²) in [6, 6.07) is 41.7. The topological polar surface area (TPSA) is 26.3 Å². The van der Waals surface area contributed by atoms with E-state index in [1.165, 1.54) is 16.2 Å². The third-order valence-electron chi connectivity index (χ3n) is 5.77. The van der Waals surface area contributed by atoms with E-state index in [0.717, 1.165) is 11.7 Å². The summed E-state index contributed by atoms with van der Waals surface area (Å²) in [5.41, 5.74) is 1.83. The van der Waals surface area contributed by atoms with Crippen molar-refractivity contribution in [2.24, 2.45) is 0 Å². The fraction of sp³-hybridized carbons (Fsp3) is 0.138. The number of hydrogen-bond acceptors (Lipinski definition) is 2. The zero-order valence-corrected chi connectivity index (χ0v) is 19.2. The van der Waals surface area contributed by atoms with Gasteiger partial charge in [-0.2, -0.15) is 0 Å². The Morgan fingerprint density at radius 1 is 0.688 bits per heavy atom. The molecule has 0 aromatic heterocycles. The highest BCUT2D eigenvalue weighted by Gasteiger charge is 2.55. The second-order valence-electron chi connectivity index (χ2n) is 7.75. The second-order valence-corrected chi connectivity index (χ2v) is 11.4. The first-order valence-corrected chi connectivity index (χ1v) is 13.0. The fourth-order valence-electron chi connectivity index (χ4n) is 4.41. The molecule has 0 aliphatic heterocycles. The van der Waals surface area contributed by atoms with Crippen LogP contribution in [0.4, 0.5) is 0 Å². The third kappa shape index (κ3) is 4.52. The van der Waals surface area contributed by atoms with Crippen molar-refractivity contribution in [1.82, 2.24) is 0 Å². The molecule has 1 atom stereocenters. The van der Waals surface area contributed by atoms with Crippen molar-refractivity contribution in [3.63, 3.8) is 0 Å². The predicted molar refractivity (Wildman–Crippen MR) is 135 cm³/mol. The van der Waals surface area contributed by atoms with E-state index in [2.05, 4.69) is 84.9 Å². The maximum absolute atomic E-state index is 13.7. The van der Waals surface area contributed by atoms with E-state index in [4.69, 9.17) is 4.74 Å². The Hall–Kier alpha value is -3.22. The standard InChI is InChI=1S/C29H28O2P/c1-2-31-29(30)28(25-17-9-4-10-18-25)32(26-19-11-5-12-20-26,27-21-13-6-14-22-27)23-24-15-7-3-8-16-24/h3-22,28H,2,23H2,1H3/q+1. The Morgan fingerprint density at radius 3 is 1.59 bits per heavy atom. The van der Waals surface area contributed by atoms with Gasteiger partial charge in [-0.05, 0) is 36.8 Å². The third-order valence-corrected chi connectivity index (χ3v) is 10.5. The molecule has 0 heterocycles. The average molecular weight is 440 g/mol. The summed E-state index contributed by atoms with van der Waals surface area (Å²) in [6.45, 7) is 2.24. The van der Waals surface area contributed by atoms with Gasteiger partial charge < -0.3 is 4.74 Å². The van der Waals surface area contributed by atoms with Crippen LogP contribution in [0.5, 0.6) is 0 Å². The summed E-state index contributed by atoms with van der Waals surface area (Å²) in [4.78, 5) is 13.7. The van der Waals surface area contributed by atoms with Crippen LogP contribution in [0.15, 0.2) is 121 Å². The zero-order chi connectivity index (χ0) is 22.2. The molecule has 0 amide bonds. The van der Waals surface area contributed by atoms with Crippen LogP contribution in [-0.4, -0.2) is 12.6 Å². The van der Waals surface area contributed by atoms with Gasteiger partial charge in [0.1, 0.15) is 17.9 Å². The molecular weight excluding hydrogens is 411 g/mol. The molecule has 160 valence electrons. The highest BCUT2D eigenvalue weighted by atomic mass is 31.2. The first-order chi connectivity index (χ1) is 15.8. The van der Waals surface area contributed by atoms with E-state index in [-0.39, 0.29) is 5.97 Å². The molecule has 4 aromatic rings. The Labute approximate surface area is 191 Å². The second kappa shape index (κ2) is 10.4. The monoisotopic (exact) mass is 439 g/mol. The number of hydrogen-bond donors (Lipinski definition) is 0. The lowest BCUT2D eigenvalue weighted by Crippen LogP contribution is -2.33. The summed E-state index contributed by atoms with van der Waals surface area (Å²) in [6.07, 6.45) is 0.778. The van der Waals surface area contributed by atoms with Crippen molar-refractivity contribution in [2.75, 3.05) is 6.61 Å². The van der Waals surface area contributed by atoms with Crippen molar-refractivity contribution in [2.45, 2.75) is 18.7 Å². The van der Waals surface area contributed by atoms with Gasteiger partial charge >= 0.3 is 5.97 Å². The molecular formula is C29H28O2P+. The lowest BCUT2D eigenvalue weighted by Gasteiger charge is -2.34. The fourth-order valence-corrected chi connectivity index (χ4v) is 9.16. The quantitative estimate of drug-likeness (QED) is 0.243. The smallest absolute Gasteiger partial charge is 0.352 e. The minimum absolute atomic E-state index is 0.157. The van der Waals surface area contributed by atoms with Gasteiger partial charge in [-0.1, -0.05) is 97.1 Å².